The van der Waals surface area contributed by atoms with Gasteiger partial charge in [0.15, 0.2) is 5.60 Å². The summed E-state index contributed by atoms with van der Waals surface area (Å²) in [7, 11) is 1.68. The maximum absolute atomic E-state index is 13.8. The van der Waals surface area contributed by atoms with Crippen molar-refractivity contribution < 1.29 is 23.5 Å². The SMILES string of the molecule is Cc1cc(=O)oc2c(CN(C)C(=O)[C@@]34CC[C@@](C)(C(=O)O3)C4(C)C)c(OC(C)C)ccc12. The Morgan fingerprint density at radius 1 is 1.19 bits per heavy atom. The third kappa shape index (κ3) is 2.90. The molecule has 1 amide bonds. The van der Waals surface area contributed by atoms with E-state index in [1.165, 1.54) is 6.07 Å². The fourth-order valence-corrected chi connectivity index (χ4v) is 5.27. The molecule has 1 saturated heterocycles. The number of amides is 1. The quantitative estimate of drug-likeness (QED) is 0.516. The van der Waals surface area contributed by atoms with Gasteiger partial charge in [-0.2, -0.15) is 0 Å². The topological polar surface area (TPSA) is 86.1 Å². The average molecular weight is 442 g/mol. The van der Waals surface area contributed by atoms with Gasteiger partial charge in [0.1, 0.15) is 11.3 Å². The highest BCUT2D eigenvalue weighted by Gasteiger charge is 2.76. The first-order valence-electron chi connectivity index (χ1n) is 11.1. The molecule has 4 rings (SSSR count). The number of esters is 1. The minimum atomic E-state index is -1.20. The van der Waals surface area contributed by atoms with Crippen LogP contribution in [0.15, 0.2) is 27.4 Å². The number of benzene rings is 1. The van der Waals surface area contributed by atoms with Crippen LogP contribution in [0, 0.1) is 17.8 Å². The number of ether oxygens (including phenoxy) is 2. The van der Waals surface area contributed by atoms with E-state index in [0.717, 1.165) is 10.9 Å². The molecule has 172 valence electrons. The van der Waals surface area contributed by atoms with Gasteiger partial charge in [-0.3, -0.25) is 9.59 Å². The van der Waals surface area contributed by atoms with Gasteiger partial charge in [0.2, 0.25) is 0 Å². The standard InChI is InChI=1S/C25H31NO6/c1-14(2)30-18-9-8-16-15(3)12-19(27)31-20(16)17(18)13-26(7)21(28)25-11-10-24(6,22(29)32-25)23(25,4)5/h8-9,12,14H,10-11,13H2,1-7H3/t24-,25+/m0/s1. The van der Waals surface area contributed by atoms with E-state index in [-0.39, 0.29) is 24.5 Å². The molecule has 1 aliphatic heterocycles. The lowest BCUT2D eigenvalue weighted by Gasteiger charge is -2.38. The van der Waals surface area contributed by atoms with Crippen molar-refractivity contribution in [2.75, 3.05) is 7.05 Å². The molecule has 1 aliphatic carbocycles. The minimum absolute atomic E-state index is 0.104. The number of carbonyl (C=O) groups is 2. The summed E-state index contributed by atoms with van der Waals surface area (Å²) in [5, 5.41) is 0.788. The Bertz CT molecular complexity index is 1180. The monoisotopic (exact) mass is 441 g/mol. The molecule has 0 spiro atoms. The maximum atomic E-state index is 13.8. The summed E-state index contributed by atoms with van der Waals surface area (Å²) < 4.78 is 17.3. The highest BCUT2D eigenvalue weighted by Crippen LogP contribution is 2.66. The van der Waals surface area contributed by atoms with Gasteiger partial charge in [-0.15, -0.1) is 0 Å². The van der Waals surface area contributed by atoms with Gasteiger partial charge in [0, 0.05) is 23.9 Å². The smallest absolute Gasteiger partial charge is 0.336 e. The van der Waals surface area contributed by atoms with Gasteiger partial charge in [-0.25, -0.2) is 4.79 Å². The molecule has 0 radical (unpaired) electrons. The van der Waals surface area contributed by atoms with Crippen LogP contribution in [0.2, 0.25) is 0 Å². The Labute approximate surface area is 187 Å². The third-order valence-electron chi connectivity index (χ3n) is 7.71. The summed E-state index contributed by atoms with van der Waals surface area (Å²) >= 11 is 0. The predicted molar refractivity (Wildman–Crippen MR) is 119 cm³/mol. The molecule has 1 aromatic heterocycles. The summed E-state index contributed by atoms with van der Waals surface area (Å²) in [5.41, 5.74) is -1.16. The van der Waals surface area contributed by atoms with Crippen molar-refractivity contribution in [2.24, 2.45) is 10.8 Å². The summed E-state index contributed by atoms with van der Waals surface area (Å²) in [4.78, 5) is 40.1. The van der Waals surface area contributed by atoms with E-state index in [9.17, 15) is 14.4 Å². The second-order valence-electron chi connectivity index (χ2n) is 10.2. The van der Waals surface area contributed by atoms with Crippen molar-refractivity contribution in [3.63, 3.8) is 0 Å². The van der Waals surface area contributed by atoms with Crippen LogP contribution in [0.5, 0.6) is 5.75 Å². The Morgan fingerprint density at radius 2 is 1.88 bits per heavy atom. The largest absolute Gasteiger partial charge is 0.491 e. The van der Waals surface area contributed by atoms with Gasteiger partial charge in [-0.1, -0.05) is 13.8 Å². The van der Waals surface area contributed by atoms with Crippen molar-refractivity contribution in [3.8, 4) is 5.75 Å². The molecular formula is C25H31NO6. The normalized spacial score (nSPS) is 25.9. The van der Waals surface area contributed by atoms with Crippen molar-refractivity contribution >= 4 is 22.8 Å². The molecule has 2 fully saturated rings. The zero-order chi connectivity index (χ0) is 23.6. The van der Waals surface area contributed by atoms with Gasteiger partial charge in [0.05, 0.1) is 23.6 Å². The third-order valence-corrected chi connectivity index (χ3v) is 7.71. The first-order chi connectivity index (χ1) is 14.8. The van der Waals surface area contributed by atoms with E-state index in [2.05, 4.69) is 0 Å². The molecule has 1 aromatic carbocycles. The summed E-state index contributed by atoms with van der Waals surface area (Å²) in [6, 6.07) is 5.15. The molecule has 7 heteroatoms. The highest BCUT2D eigenvalue weighted by atomic mass is 16.6. The van der Waals surface area contributed by atoms with Crippen LogP contribution >= 0.6 is 0 Å². The van der Waals surface area contributed by atoms with E-state index in [4.69, 9.17) is 13.9 Å². The van der Waals surface area contributed by atoms with Crippen LogP contribution in [0.4, 0.5) is 0 Å². The Balaban J connectivity index is 1.77. The molecule has 2 aliphatic rings. The van der Waals surface area contributed by atoms with Crippen LogP contribution in [-0.2, 0) is 20.9 Å². The molecule has 7 nitrogen and oxygen atoms in total. The zero-order valence-corrected chi connectivity index (χ0v) is 19.8. The van der Waals surface area contributed by atoms with Gasteiger partial charge >= 0.3 is 11.6 Å². The molecule has 1 saturated carbocycles. The van der Waals surface area contributed by atoms with E-state index >= 15 is 0 Å². The Morgan fingerprint density at radius 3 is 2.44 bits per heavy atom. The van der Waals surface area contributed by atoms with Gasteiger partial charge in [-0.05, 0) is 58.2 Å². The van der Waals surface area contributed by atoms with Crippen LogP contribution in [0.25, 0.3) is 11.0 Å². The number of nitrogens with zero attached hydrogens (tertiary/aromatic N) is 1. The average Bonchev–Trinajstić information content (AvgIpc) is 2.99. The number of hydrogen-bond acceptors (Lipinski definition) is 6. The lowest BCUT2D eigenvalue weighted by molar-refractivity contribution is -0.173. The second-order valence-corrected chi connectivity index (χ2v) is 10.2. The Kier molecular flexibility index (Phi) is 4.95. The van der Waals surface area contributed by atoms with Crippen LogP contribution < -0.4 is 10.4 Å². The molecule has 2 bridgehead atoms. The lowest BCUT2D eigenvalue weighted by atomic mass is 9.66. The molecule has 32 heavy (non-hydrogen) atoms. The van der Waals surface area contributed by atoms with Crippen LogP contribution in [0.1, 0.15) is 58.6 Å². The molecule has 0 unspecified atom stereocenters. The molecule has 2 heterocycles. The summed E-state index contributed by atoms with van der Waals surface area (Å²) in [5.74, 6) is -0.0111. The van der Waals surface area contributed by atoms with Crippen molar-refractivity contribution in [2.45, 2.75) is 72.6 Å². The molecule has 0 N–H and O–H groups in total. The van der Waals surface area contributed by atoms with Crippen LogP contribution in [0.3, 0.4) is 0 Å². The first-order valence-corrected chi connectivity index (χ1v) is 11.1. The van der Waals surface area contributed by atoms with E-state index in [1.54, 1.807) is 11.9 Å². The van der Waals surface area contributed by atoms with Crippen molar-refractivity contribution in [3.05, 3.63) is 39.7 Å². The fourth-order valence-electron chi connectivity index (χ4n) is 5.27. The van der Waals surface area contributed by atoms with Gasteiger partial charge in [0.25, 0.3) is 5.91 Å². The van der Waals surface area contributed by atoms with Gasteiger partial charge < -0.3 is 18.8 Å². The van der Waals surface area contributed by atoms with Crippen LogP contribution in [-0.4, -0.2) is 35.5 Å². The zero-order valence-electron chi connectivity index (χ0n) is 19.8. The second kappa shape index (κ2) is 7.09. The minimum Gasteiger partial charge on any atom is -0.491 e. The fraction of sp³-hybridized carbons (Fsp3) is 0.560. The number of rotatable bonds is 5. The number of aryl methyl sites for hydroxylation is 1. The number of fused-ring (bicyclic) bond motifs is 3. The van der Waals surface area contributed by atoms with E-state index in [0.29, 0.717) is 29.7 Å². The van der Waals surface area contributed by atoms with Crippen molar-refractivity contribution in [1.29, 1.82) is 0 Å². The number of likely N-dealkylation sites (N-methyl/N-ethyl adjacent to an activating group) is 1. The predicted octanol–water partition coefficient (Wildman–Crippen LogP) is 3.97. The first kappa shape index (κ1) is 22.4. The Hall–Kier alpha value is -2.83. The molecule has 2 aromatic rings. The summed E-state index contributed by atoms with van der Waals surface area (Å²) in [6.45, 7) is 11.6. The van der Waals surface area contributed by atoms with E-state index in [1.807, 2.05) is 53.7 Å². The number of carbonyl (C=O) groups excluding carboxylic acids is 2. The highest BCUT2D eigenvalue weighted by molar-refractivity contribution is 5.96. The summed E-state index contributed by atoms with van der Waals surface area (Å²) in [6.07, 6.45) is 1.00. The maximum Gasteiger partial charge on any atom is 0.336 e. The molecule has 2 atom stereocenters. The number of hydrogen-bond donors (Lipinski definition) is 0. The van der Waals surface area contributed by atoms with E-state index < -0.39 is 22.1 Å². The van der Waals surface area contributed by atoms with Crippen molar-refractivity contribution in [1.82, 2.24) is 4.90 Å². The molecular weight excluding hydrogens is 410 g/mol. The lowest BCUT2D eigenvalue weighted by Crippen LogP contribution is -2.53.